The predicted octanol–water partition coefficient (Wildman–Crippen LogP) is 2.11. The third-order valence-corrected chi connectivity index (χ3v) is 3.99. The summed E-state index contributed by atoms with van der Waals surface area (Å²) in [5.74, 6) is -0.178. The number of benzene rings is 1. The summed E-state index contributed by atoms with van der Waals surface area (Å²) >= 11 is 0. The second-order valence-corrected chi connectivity index (χ2v) is 5.96. The quantitative estimate of drug-likeness (QED) is 0.907. The summed E-state index contributed by atoms with van der Waals surface area (Å²) < 4.78 is 14.0. The van der Waals surface area contributed by atoms with E-state index in [-0.39, 0.29) is 24.0 Å². The van der Waals surface area contributed by atoms with Gasteiger partial charge in [0, 0.05) is 31.3 Å². The zero-order chi connectivity index (χ0) is 14.0. The van der Waals surface area contributed by atoms with Gasteiger partial charge in [-0.05, 0) is 39.4 Å². The lowest BCUT2D eigenvalue weighted by atomic mass is 9.94. The Balaban J connectivity index is 2.29. The Kier molecular flexibility index (Phi) is 4.11. The fourth-order valence-electron chi connectivity index (χ4n) is 2.98. The van der Waals surface area contributed by atoms with Gasteiger partial charge in [-0.15, -0.1) is 0 Å². The minimum Gasteiger partial charge on any atom is -0.396 e. The van der Waals surface area contributed by atoms with Crippen molar-refractivity contribution in [1.29, 1.82) is 0 Å². The smallest absolute Gasteiger partial charge is 0.146 e. The number of para-hydroxylation sites is 1. The topological polar surface area (TPSA) is 26.7 Å². The molecule has 0 radical (unpaired) electrons. The van der Waals surface area contributed by atoms with Gasteiger partial charge in [-0.1, -0.05) is 12.1 Å². The van der Waals surface area contributed by atoms with Crippen LogP contribution in [0.4, 0.5) is 10.1 Å². The maximum atomic E-state index is 14.0. The summed E-state index contributed by atoms with van der Waals surface area (Å²) in [4.78, 5) is 4.39. The first-order chi connectivity index (χ1) is 8.95. The molecule has 1 atom stereocenters. The zero-order valence-electron chi connectivity index (χ0n) is 11.9. The van der Waals surface area contributed by atoms with Gasteiger partial charge in [0.2, 0.25) is 0 Å². The summed E-state index contributed by atoms with van der Waals surface area (Å²) in [7, 11) is 2.07. The van der Waals surface area contributed by atoms with Crippen LogP contribution < -0.4 is 4.90 Å². The third kappa shape index (κ3) is 2.90. The molecule has 1 saturated heterocycles. The Morgan fingerprint density at radius 2 is 2.05 bits per heavy atom. The Morgan fingerprint density at radius 1 is 1.37 bits per heavy atom. The highest BCUT2D eigenvalue weighted by atomic mass is 19.1. The Labute approximate surface area is 114 Å². The molecule has 0 amide bonds. The number of hydrogen-bond acceptors (Lipinski definition) is 3. The van der Waals surface area contributed by atoms with Crippen LogP contribution in [0, 0.1) is 5.82 Å². The molecule has 1 fully saturated rings. The summed E-state index contributed by atoms with van der Waals surface area (Å²) in [6, 6.07) is 7.18. The number of anilines is 1. The molecule has 4 heteroatoms. The number of likely N-dealkylation sites (N-methyl/N-ethyl adjacent to an activating group) is 1. The van der Waals surface area contributed by atoms with Crippen molar-refractivity contribution >= 4 is 5.69 Å². The van der Waals surface area contributed by atoms with Crippen molar-refractivity contribution in [2.24, 2.45) is 0 Å². The molecular weight excluding hydrogens is 243 g/mol. The Morgan fingerprint density at radius 3 is 2.68 bits per heavy atom. The molecule has 0 bridgehead atoms. The van der Waals surface area contributed by atoms with Crippen LogP contribution in [-0.2, 0) is 0 Å². The molecule has 1 N–H and O–H groups in total. The van der Waals surface area contributed by atoms with Crippen LogP contribution in [0.25, 0.3) is 0 Å². The van der Waals surface area contributed by atoms with E-state index in [1.807, 2.05) is 12.1 Å². The molecule has 2 rings (SSSR count). The molecular formula is C15H23FN2O. The lowest BCUT2D eigenvalue weighted by molar-refractivity contribution is 0.124. The molecule has 0 aromatic heterocycles. The van der Waals surface area contributed by atoms with E-state index in [4.69, 9.17) is 5.11 Å². The molecule has 1 unspecified atom stereocenters. The summed E-state index contributed by atoms with van der Waals surface area (Å²) in [6.07, 6.45) is 0.720. The fraction of sp³-hybridized carbons (Fsp3) is 0.600. The van der Waals surface area contributed by atoms with Crippen LogP contribution >= 0.6 is 0 Å². The molecule has 3 nitrogen and oxygen atoms in total. The second-order valence-electron chi connectivity index (χ2n) is 5.96. The molecule has 106 valence electrons. The summed E-state index contributed by atoms with van der Waals surface area (Å²) in [6.45, 7) is 6.02. The first-order valence-corrected chi connectivity index (χ1v) is 6.79. The summed E-state index contributed by atoms with van der Waals surface area (Å²) in [5.41, 5.74) is 0.534. The molecule has 0 saturated carbocycles. The van der Waals surface area contributed by atoms with Crippen LogP contribution in [0.15, 0.2) is 24.3 Å². The Bertz CT molecular complexity index is 436. The number of hydrogen-bond donors (Lipinski definition) is 1. The highest BCUT2D eigenvalue weighted by Gasteiger charge is 2.37. The number of halogens is 1. The van der Waals surface area contributed by atoms with E-state index in [1.165, 1.54) is 6.07 Å². The average Bonchev–Trinajstić information content (AvgIpc) is 2.33. The van der Waals surface area contributed by atoms with Gasteiger partial charge >= 0.3 is 0 Å². The number of rotatable bonds is 3. The average molecular weight is 266 g/mol. The van der Waals surface area contributed by atoms with Gasteiger partial charge in [-0.25, -0.2) is 4.39 Å². The summed E-state index contributed by atoms with van der Waals surface area (Å²) in [5, 5.41) is 9.16. The van der Waals surface area contributed by atoms with E-state index in [0.29, 0.717) is 5.69 Å². The molecule has 1 heterocycles. The van der Waals surface area contributed by atoms with Gasteiger partial charge in [0.15, 0.2) is 0 Å². The normalized spacial score (nSPS) is 23.6. The van der Waals surface area contributed by atoms with Crippen molar-refractivity contribution in [2.75, 3.05) is 31.6 Å². The maximum absolute atomic E-state index is 14.0. The van der Waals surface area contributed by atoms with E-state index in [9.17, 15) is 4.39 Å². The van der Waals surface area contributed by atoms with E-state index in [1.54, 1.807) is 6.07 Å². The van der Waals surface area contributed by atoms with E-state index >= 15 is 0 Å². The minimum atomic E-state index is -0.178. The van der Waals surface area contributed by atoms with Gasteiger partial charge in [-0.2, -0.15) is 0 Å². The van der Waals surface area contributed by atoms with Crippen LogP contribution in [0.2, 0.25) is 0 Å². The van der Waals surface area contributed by atoms with Crippen LogP contribution in [0.3, 0.4) is 0 Å². The molecule has 1 aromatic carbocycles. The van der Waals surface area contributed by atoms with E-state index < -0.39 is 0 Å². The largest absolute Gasteiger partial charge is 0.396 e. The van der Waals surface area contributed by atoms with Crippen LogP contribution in [-0.4, -0.2) is 48.3 Å². The standard InChI is InChI=1S/C15H23FN2O/c1-15(2)11-17(3)12(8-9-19)10-18(15)14-7-5-4-6-13(14)16/h4-7,12,19H,8-11H2,1-3H3. The highest BCUT2D eigenvalue weighted by Crippen LogP contribution is 2.31. The van der Waals surface area contributed by atoms with Gasteiger partial charge in [-0.3, -0.25) is 4.90 Å². The first-order valence-electron chi connectivity index (χ1n) is 6.79. The monoisotopic (exact) mass is 266 g/mol. The van der Waals surface area contributed by atoms with Gasteiger partial charge in [0.05, 0.1) is 5.69 Å². The van der Waals surface area contributed by atoms with Crippen molar-refractivity contribution in [1.82, 2.24) is 4.90 Å². The molecule has 1 aliphatic rings. The SMILES string of the molecule is CN1CC(C)(C)N(c2ccccc2F)CC1CCO. The number of nitrogens with zero attached hydrogens (tertiary/aromatic N) is 2. The molecule has 0 aliphatic carbocycles. The lowest BCUT2D eigenvalue weighted by Crippen LogP contribution is -2.62. The van der Waals surface area contributed by atoms with Crippen molar-refractivity contribution in [3.8, 4) is 0 Å². The first kappa shape index (κ1) is 14.3. The molecule has 19 heavy (non-hydrogen) atoms. The van der Waals surface area contributed by atoms with E-state index in [2.05, 4.69) is 30.7 Å². The highest BCUT2D eigenvalue weighted by molar-refractivity contribution is 5.51. The fourth-order valence-corrected chi connectivity index (χ4v) is 2.98. The number of piperazine rings is 1. The number of aliphatic hydroxyl groups is 1. The van der Waals surface area contributed by atoms with Crippen molar-refractivity contribution < 1.29 is 9.50 Å². The lowest BCUT2D eigenvalue weighted by Gasteiger charge is -2.51. The van der Waals surface area contributed by atoms with Crippen molar-refractivity contribution in [3.63, 3.8) is 0 Å². The van der Waals surface area contributed by atoms with Gasteiger partial charge in [0.1, 0.15) is 5.82 Å². The van der Waals surface area contributed by atoms with Crippen molar-refractivity contribution in [3.05, 3.63) is 30.1 Å². The molecule has 1 aliphatic heterocycles. The molecule has 0 spiro atoms. The van der Waals surface area contributed by atoms with Gasteiger partial charge in [0.25, 0.3) is 0 Å². The molecule has 1 aromatic rings. The Hall–Kier alpha value is -1.13. The van der Waals surface area contributed by atoms with Crippen LogP contribution in [0.5, 0.6) is 0 Å². The van der Waals surface area contributed by atoms with Crippen LogP contribution in [0.1, 0.15) is 20.3 Å². The van der Waals surface area contributed by atoms with E-state index in [0.717, 1.165) is 19.5 Å². The van der Waals surface area contributed by atoms with Crippen molar-refractivity contribution in [2.45, 2.75) is 31.8 Å². The predicted molar refractivity (Wildman–Crippen MR) is 75.9 cm³/mol. The zero-order valence-corrected chi connectivity index (χ0v) is 11.9. The van der Waals surface area contributed by atoms with Gasteiger partial charge < -0.3 is 10.0 Å². The number of aliphatic hydroxyl groups excluding tert-OH is 1. The third-order valence-electron chi connectivity index (χ3n) is 3.99. The minimum absolute atomic E-state index is 0.122. The second kappa shape index (κ2) is 5.47. The maximum Gasteiger partial charge on any atom is 0.146 e.